The normalized spacial score (nSPS) is 11.3. The van der Waals surface area contributed by atoms with Crippen molar-refractivity contribution in [3.05, 3.63) is 29.6 Å². The number of rotatable bonds is 8. The zero-order valence-electron chi connectivity index (χ0n) is 12.4. The Bertz CT molecular complexity index is 551. The van der Waals surface area contributed by atoms with E-state index in [1.54, 1.807) is 0 Å². The van der Waals surface area contributed by atoms with Crippen LogP contribution in [-0.4, -0.2) is 28.6 Å². The van der Waals surface area contributed by atoms with Gasteiger partial charge < -0.3 is 9.30 Å². The van der Waals surface area contributed by atoms with Crippen molar-refractivity contribution in [3.63, 3.8) is 0 Å². The summed E-state index contributed by atoms with van der Waals surface area (Å²) in [6.07, 6.45) is 3.09. The molecule has 110 valence electrons. The first-order chi connectivity index (χ1) is 9.76. The summed E-state index contributed by atoms with van der Waals surface area (Å²) in [6.45, 7) is 6.70. The van der Waals surface area contributed by atoms with E-state index >= 15 is 0 Å². The molecule has 0 radical (unpaired) electrons. The molecule has 0 amide bonds. The molecule has 0 saturated carbocycles. The number of hydrogen-bond donors (Lipinski definition) is 0. The predicted octanol–water partition coefficient (Wildman–Crippen LogP) is 3.94. The average Bonchev–Trinajstić information content (AvgIpc) is 2.76. The third-order valence-electron chi connectivity index (χ3n) is 3.40. The van der Waals surface area contributed by atoms with E-state index in [-0.39, 0.29) is 0 Å². The van der Waals surface area contributed by atoms with E-state index in [0.717, 1.165) is 43.9 Å². The molecule has 0 atom stereocenters. The van der Waals surface area contributed by atoms with Crippen LogP contribution < -0.4 is 0 Å². The van der Waals surface area contributed by atoms with Gasteiger partial charge in [-0.25, -0.2) is 4.98 Å². The molecular weight excluding hydrogens is 272 g/mol. The lowest BCUT2D eigenvalue weighted by Crippen LogP contribution is -2.10. The third kappa shape index (κ3) is 3.74. The van der Waals surface area contributed by atoms with Crippen molar-refractivity contribution in [3.8, 4) is 0 Å². The Hall–Kier alpha value is -1.06. The Labute approximate surface area is 125 Å². The van der Waals surface area contributed by atoms with E-state index in [1.807, 2.05) is 0 Å². The number of alkyl halides is 1. The summed E-state index contributed by atoms with van der Waals surface area (Å²) in [5.74, 6) is 1.65. The molecule has 1 aromatic heterocycles. The first-order valence-corrected chi connectivity index (χ1v) is 7.89. The molecule has 20 heavy (non-hydrogen) atoms. The first kappa shape index (κ1) is 15.3. The van der Waals surface area contributed by atoms with E-state index in [9.17, 15) is 0 Å². The zero-order valence-corrected chi connectivity index (χ0v) is 13.1. The average molecular weight is 295 g/mol. The van der Waals surface area contributed by atoms with Gasteiger partial charge in [-0.15, -0.1) is 11.6 Å². The Morgan fingerprint density at radius 1 is 1.30 bits per heavy atom. The number of aromatic nitrogens is 2. The van der Waals surface area contributed by atoms with E-state index in [2.05, 4.69) is 41.6 Å². The molecule has 0 N–H and O–H groups in total. The maximum Gasteiger partial charge on any atom is 0.111 e. The quantitative estimate of drug-likeness (QED) is 0.544. The Balaban J connectivity index is 2.15. The smallest absolute Gasteiger partial charge is 0.111 e. The van der Waals surface area contributed by atoms with Crippen LogP contribution in [0.2, 0.25) is 0 Å². The molecule has 2 aromatic rings. The van der Waals surface area contributed by atoms with Crippen molar-refractivity contribution < 1.29 is 4.74 Å². The number of imidazole rings is 1. The van der Waals surface area contributed by atoms with Crippen LogP contribution in [0, 0.1) is 6.92 Å². The highest BCUT2D eigenvalue weighted by Crippen LogP contribution is 2.18. The van der Waals surface area contributed by atoms with Crippen molar-refractivity contribution in [2.75, 3.05) is 19.1 Å². The van der Waals surface area contributed by atoms with Crippen molar-refractivity contribution in [2.45, 2.75) is 39.7 Å². The summed E-state index contributed by atoms with van der Waals surface area (Å²) in [4.78, 5) is 4.68. The number of nitrogens with zero attached hydrogens (tertiary/aromatic N) is 2. The highest BCUT2D eigenvalue weighted by atomic mass is 35.5. The topological polar surface area (TPSA) is 27.1 Å². The monoisotopic (exact) mass is 294 g/mol. The summed E-state index contributed by atoms with van der Waals surface area (Å²) in [7, 11) is 0. The maximum atomic E-state index is 5.88. The lowest BCUT2D eigenvalue weighted by atomic mass is 10.2. The minimum Gasteiger partial charge on any atom is -0.380 e. The van der Waals surface area contributed by atoms with Gasteiger partial charge in [-0.2, -0.15) is 0 Å². The molecule has 1 heterocycles. The van der Waals surface area contributed by atoms with Crippen molar-refractivity contribution in [1.82, 2.24) is 9.55 Å². The number of ether oxygens (including phenoxy) is 1. The van der Waals surface area contributed by atoms with Crippen LogP contribution in [0.1, 0.15) is 31.2 Å². The van der Waals surface area contributed by atoms with Crippen LogP contribution in [0.3, 0.4) is 0 Å². The number of benzene rings is 1. The minimum absolute atomic E-state index is 0.596. The largest absolute Gasteiger partial charge is 0.380 e. The molecule has 0 bridgehead atoms. The number of halogens is 1. The van der Waals surface area contributed by atoms with Gasteiger partial charge in [0.25, 0.3) is 0 Å². The van der Waals surface area contributed by atoms with Gasteiger partial charge in [-0.1, -0.05) is 19.4 Å². The zero-order chi connectivity index (χ0) is 14.4. The summed E-state index contributed by atoms with van der Waals surface area (Å²) in [5.41, 5.74) is 3.48. The van der Waals surface area contributed by atoms with Gasteiger partial charge in [0, 0.05) is 25.5 Å². The van der Waals surface area contributed by atoms with Gasteiger partial charge in [0.2, 0.25) is 0 Å². The Morgan fingerprint density at radius 2 is 2.15 bits per heavy atom. The van der Waals surface area contributed by atoms with Gasteiger partial charge in [0.1, 0.15) is 5.82 Å². The summed E-state index contributed by atoms with van der Waals surface area (Å²) in [5, 5.41) is 0. The molecule has 4 heteroatoms. The number of unbranched alkanes of at least 4 members (excludes halogenated alkanes) is 1. The molecule has 0 aliphatic rings. The fourth-order valence-corrected chi connectivity index (χ4v) is 2.48. The lowest BCUT2D eigenvalue weighted by Gasteiger charge is -2.09. The second-order valence-electron chi connectivity index (χ2n) is 5.08. The highest BCUT2D eigenvalue weighted by Gasteiger charge is 2.10. The van der Waals surface area contributed by atoms with Gasteiger partial charge in [0.15, 0.2) is 0 Å². The fourth-order valence-electron chi connectivity index (χ4n) is 2.31. The molecule has 0 spiro atoms. The lowest BCUT2D eigenvalue weighted by molar-refractivity contribution is 0.123. The van der Waals surface area contributed by atoms with Gasteiger partial charge in [0.05, 0.1) is 17.6 Å². The maximum absolute atomic E-state index is 5.88. The molecule has 0 unspecified atom stereocenters. The fraction of sp³-hybridized carbons (Fsp3) is 0.562. The molecule has 0 fully saturated rings. The Kier molecular flexibility index (Phi) is 5.86. The second-order valence-corrected chi connectivity index (χ2v) is 5.45. The van der Waals surface area contributed by atoms with Crippen LogP contribution in [0.4, 0.5) is 0 Å². The van der Waals surface area contributed by atoms with Gasteiger partial charge >= 0.3 is 0 Å². The van der Waals surface area contributed by atoms with Crippen LogP contribution >= 0.6 is 11.6 Å². The van der Waals surface area contributed by atoms with Gasteiger partial charge in [-0.3, -0.25) is 0 Å². The highest BCUT2D eigenvalue weighted by molar-refractivity contribution is 6.17. The van der Waals surface area contributed by atoms with Crippen LogP contribution in [-0.2, 0) is 17.7 Å². The third-order valence-corrected chi connectivity index (χ3v) is 3.59. The minimum atomic E-state index is 0.596. The summed E-state index contributed by atoms with van der Waals surface area (Å²) < 4.78 is 7.92. The van der Waals surface area contributed by atoms with E-state index in [1.165, 1.54) is 17.5 Å². The van der Waals surface area contributed by atoms with E-state index in [4.69, 9.17) is 16.3 Å². The van der Waals surface area contributed by atoms with Crippen LogP contribution in [0.15, 0.2) is 18.2 Å². The number of aryl methyl sites for hydroxylation is 2. The van der Waals surface area contributed by atoms with E-state index < -0.39 is 0 Å². The van der Waals surface area contributed by atoms with Crippen LogP contribution in [0.25, 0.3) is 11.0 Å². The molecular formula is C16H23ClN2O. The molecule has 1 aromatic carbocycles. The van der Waals surface area contributed by atoms with Crippen LogP contribution in [0.5, 0.6) is 0 Å². The Morgan fingerprint density at radius 3 is 2.90 bits per heavy atom. The predicted molar refractivity (Wildman–Crippen MR) is 84.6 cm³/mol. The van der Waals surface area contributed by atoms with Crippen molar-refractivity contribution >= 4 is 22.6 Å². The number of hydrogen-bond acceptors (Lipinski definition) is 2. The molecule has 0 aliphatic heterocycles. The summed E-state index contributed by atoms with van der Waals surface area (Å²) >= 11 is 5.88. The first-order valence-electron chi connectivity index (χ1n) is 7.35. The molecule has 3 nitrogen and oxygen atoms in total. The van der Waals surface area contributed by atoms with E-state index in [0.29, 0.717) is 5.88 Å². The molecule has 2 rings (SSSR count). The van der Waals surface area contributed by atoms with Crippen molar-refractivity contribution in [1.29, 1.82) is 0 Å². The number of fused-ring (bicyclic) bond motifs is 1. The van der Waals surface area contributed by atoms with Crippen molar-refractivity contribution in [2.24, 2.45) is 0 Å². The van der Waals surface area contributed by atoms with Gasteiger partial charge in [-0.05, 0) is 31.0 Å². The molecule has 0 saturated heterocycles. The SMILES string of the molecule is CCCCOCCn1c(CCCl)nc2ccc(C)cc21. The summed E-state index contributed by atoms with van der Waals surface area (Å²) in [6, 6.07) is 6.37. The standard InChI is InChI=1S/C16H23ClN2O/c1-3-4-10-20-11-9-19-15-12-13(2)5-6-14(15)18-16(19)7-8-17/h5-6,12H,3-4,7-11H2,1-2H3. The second kappa shape index (κ2) is 7.65. The molecule has 0 aliphatic carbocycles.